The third-order valence-corrected chi connectivity index (χ3v) is 6.17. The number of aryl methyl sites for hydroxylation is 3. The van der Waals surface area contributed by atoms with Crippen LogP contribution in [0, 0.1) is 13.8 Å². The van der Waals surface area contributed by atoms with Gasteiger partial charge in [-0.05, 0) is 68.1 Å². The first-order valence-corrected chi connectivity index (χ1v) is 11.5. The number of anilines is 2. The molecule has 1 amide bonds. The number of fused-ring (bicyclic) bond motifs is 1. The number of carbonyl (C=O) groups is 1. The number of nitrogens with one attached hydrogen (secondary N) is 2. The summed E-state index contributed by atoms with van der Waals surface area (Å²) in [6, 6.07) is 18.3. The van der Waals surface area contributed by atoms with Crippen molar-refractivity contribution in [3.05, 3.63) is 77.0 Å². The summed E-state index contributed by atoms with van der Waals surface area (Å²) in [6.45, 7) is 6.14. The first-order valence-electron chi connectivity index (χ1n) is 11.5. The Morgan fingerprint density at radius 3 is 2.41 bits per heavy atom. The van der Waals surface area contributed by atoms with Crippen LogP contribution in [0.5, 0.6) is 5.88 Å². The Morgan fingerprint density at radius 2 is 1.74 bits per heavy atom. The zero-order chi connectivity index (χ0) is 24.2. The van der Waals surface area contributed by atoms with Crippen LogP contribution in [-0.4, -0.2) is 27.8 Å². The van der Waals surface area contributed by atoms with Crippen LogP contribution in [0.3, 0.4) is 0 Å². The number of carbonyl (C=O) groups excluding carboxylic acids is 1. The summed E-state index contributed by atoms with van der Waals surface area (Å²) in [5.41, 5.74) is 6.82. The van der Waals surface area contributed by atoms with Gasteiger partial charge in [-0.15, -0.1) is 5.10 Å². The van der Waals surface area contributed by atoms with E-state index in [4.69, 9.17) is 9.72 Å². The Morgan fingerprint density at radius 1 is 1.06 bits per heavy atom. The van der Waals surface area contributed by atoms with Crippen molar-refractivity contribution in [3.8, 4) is 5.88 Å². The predicted molar refractivity (Wildman–Crippen MR) is 136 cm³/mol. The van der Waals surface area contributed by atoms with E-state index < -0.39 is 0 Å². The van der Waals surface area contributed by atoms with Gasteiger partial charge in [-0.1, -0.05) is 30.3 Å². The fourth-order valence-electron chi connectivity index (χ4n) is 4.29. The number of hydrogen-bond acceptors (Lipinski definition) is 5. The van der Waals surface area contributed by atoms with Crippen molar-refractivity contribution >= 4 is 28.3 Å². The van der Waals surface area contributed by atoms with Crippen LogP contribution < -0.4 is 15.4 Å². The summed E-state index contributed by atoms with van der Waals surface area (Å²) in [5, 5.41) is 11.8. The summed E-state index contributed by atoms with van der Waals surface area (Å²) < 4.78 is 7.16. The third-order valence-electron chi connectivity index (χ3n) is 6.17. The molecule has 0 saturated carbocycles. The number of aromatic nitrogens is 3. The maximum atomic E-state index is 12.7. The largest absolute Gasteiger partial charge is 0.479 e. The lowest BCUT2D eigenvalue weighted by atomic mass is 10.00. The van der Waals surface area contributed by atoms with Crippen LogP contribution in [0.2, 0.25) is 0 Å². The van der Waals surface area contributed by atoms with Gasteiger partial charge in [0.05, 0.1) is 12.5 Å². The number of hydrogen-bond donors (Lipinski definition) is 2. The minimum absolute atomic E-state index is 0.0320. The highest BCUT2D eigenvalue weighted by atomic mass is 16.5. The molecule has 0 radical (unpaired) electrons. The van der Waals surface area contributed by atoms with Gasteiger partial charge in [0, 0.05) is 36.6 Å². The molecule has 34 heavy (non-hydrogen) atoms. The monoisotopic (exact) mass is 457 g/mol. The van der Waals surface area contributed by atoms with Gasteiger partial charge < -0.3 is 15.4 Å². The van der Waals surface area contributed by atoms with Gasteiger partial charge >= 0.3 is 0 Å². The van der Waals surface area contributed by atoms with Crippen LogP contribution in [0.15, 0.2) is 54.6 Å². The van der Waals surface area contributed by atoms with Gasteiger partial charge in [-0.3, -0.25) is 4.79 Å². The van der Waals surface area contributed by atoms with Gasteiger partial charge in [0.2, 0.25) is 11.8 Å². The molecule has 176 valence electrons. The summed E-state index contributed by atoms with van der Waals surface area (Å²) in [4.78, 5) is 17.4. The molecule has 0 aliphatic heterocycles. The number of methoxy groups -OCH3 is 1. The van der Waals surface area contributed by atoms with Crippen molar-refractivity contribution in [1.82, 2.24) is 14.8 Å². The summed E-state index contributed by atoms with van der Waals surface area (Å²) in [7, 11) is 3.46. The molecule has 0 fully saturated rings. The minimum atomic E-state index is -0.0320. The van der Waals surface area contributed by atoms with Crippen molar-refractivity contribution in [2.45, 2.75) is 39.7 Å². The van der Waals surface area contributed by atoms with E-state index in [0.717, 1.165) is 39.2 Å². The fraction of sp³-hybridized carbons (Fsp3) is 0.296. The predicted octanol–water partition coefficient (Wildman–Crippen LogP) is 5.34. The number of nitrogens with zero attached hydrogens (tertiary/aromatic N) is 3. The highest BCUT2D eigenvalue weighted by Crippen LogP contribution is 2.30. The van der Waals surface area contributed by atoms with Crippen molar-refractivity contribution in [2.75, 3.05) is 17.7 Å². The third kappa shape index (κ3) is 4.88. The summed E-state index contributed by atoms with van der Waals surface area (Å²) >= 11 is 0. The molecule has 7 heteroatoms. The second-order valence-electron chi connectivity index (χ2n) is 8.53. The van der Waals surface area contributed by atoms with Gasteiger partial charge in [0.25, 0.3) is 0 Å². The van der Waals surface area contributed by atoms with E-state index in [0.29, 0.717) is 18.7 Å². The van der Waals surface area contributed by atoms with Crippen molar-refractivity contribution in [2.24, 2.45) is 7.05 Å². The van der Waals surface area contributed by atoms with Crippen LogP contribution in [0.4, 0.5) is 11.4 Å². The molecule has 1 atom stereocenters. The second-order valence-corrected chi connectivity index (χ2v) is 8.53. The lowest BCUT2D eigenvalue weighted by molar-refractivity contribution is -0.116. The van der Waals surface area contributed by atoms with Crippen LogP contribution >= 0.6 is 0 Å². The molecule has 4 aromatic rings. The molecule has 2 aromatic carbocycles. The Balaban J connectivity index is 1.38. The minimum Gasteiger partial charge on any atom is -0.479 e. The average Bonchev–Trinajstić information content (AvgIpc) is 3.16. The maximum absolute atomic E-state index is 12.7. The molecular formula is C27H31N5O2. The molecule has 1 unspecified atom stereocenters. The Labute approximate surface area is 200 Å². The SMILES string of the molecule is COc1nn(C)c2nc(C)c(CCC(=O)Nc3ccc(NC(C)c4ccccc4)cc3)c(C)c12. The smallest absolute Gasteiger partial charge is 0.242 e. The first kappa shape index (κ1) is 23.3. The van der Waals surface area contributed by atoms with E-state index in [1.807, 2.05) is 63.4 Å². The van der Waals surface area contributed by atoms with E-state index >= 15 is 0 Å². The number of rotatable bonds is 8. The van der Waals surface area contributed by atoms with Crippen molar-refractivity contribution < 1.29 is 9.53 Å². The maximum Gasteiger partial charge on any atom is 0.242 e. The molecular weight excluding hydrogens is 426 g/mol. The first-order chi connectivity index (χ1) is 16.4. The van der Waals surface area contributed by atoms with Crippen molar-refractivity contribution in [1.29, 1.82) is 0 Å². The Hall–Kier alpha value is -3.87. The van der Waals surface area contributed by atoms with Gasteiger partial charge in [-0.2, -0.15) is 0 Å². The number of ether oxygens (including phenoxy) is 1. The molecule has 4 rings (SSSR count). The summed E-state index contributed by atoms with van der Waals surface area (Å²) in [5.74, 6) is 0.527. The van der Waals surface area contributed by atoms with E-state index in [9.17, 15) is 4.79 Å². The fourth-order valence-corrected chi connectivity index (χ4v) is 4.29. The number of benzene rings is 2. The van der Waals surface area contributed by atoms with Gasteiger partial charge in [0.15, 0.2) is 5.65 Å². The molecule has 2 heterocycles. The molecule has 2 aromatic heterocycles. The zero-order valence-electron chi connectivity index (χ0n) is 20.3. The molecule has 0 bridgehead atoms. The lowest BCUT2D eigenvalue weighted by Crippen LogP contribution is -2.13. The summed E-state index contributed by atoms with van der Waals surface area (Å²) in [6.07, 6.45) is 0.960. The van der Waals surface area contributed by atoms with Crippen LogP contribution in [0.1, 0.15) is 41.8 Å². The number of pyridine rings is 1. The van der Waals surface area contributed by atoms with Gasteiger partial charge in [0.1, 0.15) is 0 Å². The van der Waals surface area contributed by atoms with E-state index in [2.05, 4.69) is 34.8 Å². The van der Waals surface area contributed by atoms with E-state index in [-0.39, 0.29) is 11.9 Å². The lowest BCUT2D eigenvalue weighted by Gasteiger charge is -2.16. The number of amides is 1. The molecule has 0 aliphatic rings. The molecule has 0 spiro atoms. The molecule has 2 N–H and O–H groups in total. The van der Waals surface area contributed by atoms with Gasteiger partial charge in [-0.25, -0.2) is 9.67 Å². The van der Waals surface area contributed by atoms with Crippen LogP contribution in [0.25, 0.3) is 11.0 Å². The highest BCUT2D eigenvalue weighted by Gasteiger charge is 2.18. The molecule has 0 aliphatic carbocycles. The highest BCUT2D eigenvalue weighted by molar-refractivity contribution is 5.91. The standard InChI is InChI=1S/C27H31N5O2/c1-17-23(19(3)29-26-25(17)27(34-5)31-32(26)4)15-16-24(33)30-22-13-11-21(12-14-22)28-18(2)20-9-7-6-8-10-20/h6-14,18,28H,15-16H2,1-5H3,(H,30,33). The normalized spacial score (nSPS) is 11.9. The Kier molecular flexibility index (Phi) is 6.82. The van der Waals surface area contributed by atoms with Crippen LogP contribution in [-0.2, 0) is 18.3 Å². The Bertz CT molecular complexity index is 1300. The average molecular weight is 458 g/mol. The van der Waals surface area contributed by atoms with E-state index in [1.165, 1.54) is 5.56 Å². The molecule has 7 nitrogen and oxygen atoms in total. The molecule has 0 saturated heterocycles. The van der Waals surface area contributed by atoms with E-state index in [1.54, 1.807) is 11.8 Å². The zero-order valence-corrected chi connectivity index (χ0v) is 20.3. The second kappa shape index (κ2) is 9.95. The van der Waals surface area contributed by atoms with Crippen molar-refractivity contribution in [3.63, 3.8) is 0 Å². The topological polar surface area (TPSA) is 81.1 Å². The quantitative estimate of drug-likeness (QED) is 0.373.